The number of fused-ring (bicyclic) bond motifs is 1. The van der Waals surface area contributed by atoms with Gasteiger partial charge in [0.15, 0.2) is 12.1 Å². The molecule has 0 fully saturated rings. The largest absolute Gasteiger partial charge is 0.496 e. The molecule has 2 heterocycles. The third kappa shape index (κ3) is 5.08. The van der Waals surface area contributed by atoms with E-state index < -0.39 is 0 Å². The molecule has 1 aliphatic heterocycles. The van der Waals surface area contributed by atoms with Crippen LogP contribution in [0.1, 0.15) is 49.4 Å². The number of rotatable bonds is 7. The van der Waals surface area contributed by atoms with Crippen LogP contribution in [0.5, 0.6) is 11.6 Å². The molecule has 1 N–H and O–H groups in total. The summed E-state index contributed by atoms with van der Waals surface area (Å²) in [7, 11) is 3.25. The van der Waals surface area contributed by atoms with Gasteiger partial charge in [0.05, 0.1) is 25.5 Å². The van der Waals surface area contributed by atoms with Crippen LogP contribution in [0.3, 0.4) is 0 Å². The van der Waals surface area contributed by atoms with Gasteiger partial charge in [-0.15, -0.1) is 0 Å². The van der Waals surface area contributed by atoms with E-state index in [0.717, 1.165) is 76.0 Å². The lowest BCUT2D eigenvalue weighted by molar-refractivity contribution is 0.112. The molecule has 39 heavy (non-hydrogen) atoms. The zero-order valence-corrected chi connectivity index (χ0v) is 23.1. The fraction of sp³-hybridized carbons (Fsp3) is 0.242. The molecule has 0 amide bonds. The fourth-order valence-corrected chi connectivity index (χ4v) is 5.25. The van der Waals surface area contributed by atoms with Crippen molar-refractivity contribution in [3.8, 4) is 34.1 Å². The molecule has 0 aliphatic carbocycles. The van der Waals surface area contributed by atoms with Crippen LogP contribution in [0.15, 0.2) is 48.5 Å². The molecule has 5 rings (SSSR count). The number of nitrogens with one attached hydrogen (secondary N) is 1. The number of aldehydes is 1. The Bertz CT molecular complexity index is 1570. The van der Waals surface area contributed by atoms with Crippen LogP contribution >= 0.6 is 0 Å². The highest BCUT2D eigenvalue weighted by Gasteiger charge is 2.20. The second-order valence-electron chi connectivity index (χ2n) is 9.81. The SMILES string of the molecule is COc1cc(/C=C/c2cccc(-c3cccc(-c4nc5c(c(OC)n4)CNCC5)c3C)c2C)c(C)cc1C=O. The maximum Gasteiger partial charge on any atom is 0.221 e. The van der Waals surface area contributed by atoms with E-state index in [0.29, 0.717) is 23.0 Å². The Labute approximate surface area is 229 Å². The monoisotopic (exact) mass is 519 g/mol. The second kappa shape index (κ2) is 11.2. The van der Waals surface area contributed by atoms with Gasteiger partial charge in [-0.05, 0) is 71.8 Å². The van der Waals surface area contributed by atoms with E-state index in [-0.39, 0.29) is 0 Å². The molecule has 198 valence electrons. The second-order valence-corrected chi connectivity index (χ2v) is 9.81. The summed E-state index contributed by atoms with van der Waals surface area (Å²) in [5, 5.41) is 3.38. The molecule has 6 heteroatoms. The van der Waals surface area contributed by atoms with Gasteiger partial charge in [-0.25, -0.2) is 4.98 Å². The highest BCUT2D eigenvalue weighted by molar-refractivity contribution is 5.84. The van der Waals surface area contributed by atoms with Crippen LogP contribution in [0.4, 0.5) is 0 Å². The average molecular weight is 520 g/mol. The van der Waals surface area contributed by atoms with E-state index in [4.69, 9.17) is 19.4 Å². The van der Waals surface area contributed by atoms with Crippen molar-refractivity contribution in [2.45, 2.75) is 33.7 Å². The first-order valence-corrected chi connectivity index (χ1v) is 13.1. The average Bonchev–Trinajstić information content (AvgIpc) is 2.96. The normalized spacial score (nSPS) is 12.8. The number of nitrogens with zero attached hydrogens (tertiary/aromatic N) is 2. The number of carbonyl (C=O) groups is 1. The first kappa shape index (κ1) is 26.3. The number of methoxy groups -OCH3 is 2. The number of hydrogen-bond acceptors (Lipinski definition) is 6. The fourth-order valence-electron chi connectivity index (χ4n) is 5.25. The van der Waals surface area contributed by atoms with E-state index >= 15 is 0 Å². The third-order valence-electron chi connectivity index (χ3n) is 7.52. The van der Waals surface area contributed by atoms with Gasteiger partial charge in [-0.1, -0.05) is 48.6 Å². The molecule has 4 aromatic rings. The van der Waals surface area contributed by atoms with Gasteiger partial charge in [0, 0.05) is 30.6 Å². The summed E-state index contributed by atoms with van der Waals surface area (Å²) in [6, 6.07) is 16.4. The maximum atomic E-state index is 11.4. The number of ether oxygens (including phenoxy) is 2. The summed E-state index contributed by atoms with van der Waals surface area (Å²) in [5.74, 6) is 1.91. The first-order valence-electron chi connectivity index (χ1n) is 13.1. The molecule has 0 radical (unpaired) electrons. The molecule has 1 aromatic heterocycles. The van der Waals surface area contributed by atoms with Gasteiger partial charge in [0.2, 0.25) is 5.88 Å². The molecule has 1 aliphatic rings. The summed E-state index contributed by atoms with van der Waals surface area (Å²) in [5.41, 5.74) is 11.4. The molecule has 0 unspecified atom stereocenters. The van der Waals surface area contributed by atoms with Gasteiger partial charge >= 0.3 is 0 Å². The van der Waals surface area contributed by atoms with Crippen molar-refractivity contribution in [3.63, 3.8) is 0 Å². The molecule has 0 saturated heterocycles. The Kier molecular flexibility index (Phi) is 7.57. The van der Waals surface area contributed by atoms with Crippen LogP contribution in [0.2, 0.25) is 0 Å². The summed E-state index contributed by atoms with van der Waals surface area (Å²) < 4.78 is 11.0. The third-order valence-corrected chi connectivity index (χ3v) is 7.52. The van der Waals surface area contributed by atoms with Crippen molar-refractivity contribution in [1.82, 2.24) is 15.3 Å². The molecule has 6 nitrogen and oxygen atoms in total. The van der Waals surface area contributed by atoms with Gasteiger partial charge < -0.3 is 14.8 Å². The summed E-state index contributed by atoms with van der Waals surface area (Å²) in [4.78, 5) is 21.1. The Morgan fingerprint density at radius 1 is 0.821 bits per heavy atom. The van der Waals surface area contributed by atoms with Crippen LogP contribution in [-0.4, -0.2) is 37.0 Å². The van der Waals surface area contributed by atoms with Crippen LogP contribution in [0.25, 0.3) is 34.7 Å². The van der Waals surface area contributed by atoms with E-state index in [1.54, 1.807) is 14.2 Å². The predicted octanol–water partition coefficient (Wildman–Crippen LogP) is 6.38. The Balaban J connectivity index is 1.53. The molecule has 0 saturated carbocycles. The Morgan fingerprint density at radius 3 is 2.28 bits per heavy atom. The minimum absolute atomic E-state index is 0.554. The molecule has 0 spiro atoms. The lowest BCUT2D eigenvalue weighted by Gasteiger charge is -2.20. The zero-order chi connectivity index (χ0) is 27.5. The van der Waals surface area contributed by atoms with Crippen molar-refractivity contribution in [3.05, 3.63) is 93.2 Å². The minimum atomic E-state index is 0.554. The van der Waals surface area contributed by atoms with Crippen LogP contribution < -0.4 is 14.8 Å². The molecular formula is C33H33N3O3. The summed E-state index contributed by atoms with van der Waals surface area (Å²) in [6.07, 6.45) is 5.87. The predicted molar refractivity (Wildman–Crippen MR) is 156 cm³/mol. The Hall–Kier alpha value is -4.29. The number of aryl methyl sites for hydroxylation is 1. The van der Waals surface area contributed by atoms with Crippen molar-refractivity contribution < 1.29 is 14.3 Å². The highest BCUT2D eigenvalue weighted by atomic mass is 16.5. The quantitative estimate of drug-likeness (QED) is 0.226. The van der Waals surface area contributed by atoms with Crippen molar-refractivity contribution in [1.29, 1.82) is 0 Å². The summed E-state index contributed by atoms with van der Waals surface area (Å²) >= 11 is 0. The lowest BCUT2D eigenvalue weighted by Crippen LogP contribution is -2.25. The van der Waals surface area contributed by atoms with Gasteiger partial charge in [0.1, 0.15) is 5.75 Å². The van der Waals surface area contributed by atoms with E-state index in [1.807, 2.05) is 19.1 Å². The topological polar surface area (TPSA) is 73.3 Å². The maximum absolute atomic E-state index is 11.4. The number of carbonyl (C=O) groups excluding carboxylic acids is 1. The Morgan fingerprint density at radius 2 is 1.54 bits per heavy atom. The van der Waals surface area contributed by atoms with E-state index in [1.165, 1.54) is 5.56 Å². The van der Waals surface area contributed by atoms with E-state index in [9.17, 15) is 4.79 Å². The highest BCUT2D eigenvalue weighted by Crippen LogP contribution is 2.35. The van der Waals surface area contributed by atoms with Crippen molar-refractivity contribution in [2.75, 3.05) is 20.8 Å². The molecular weight excluding hydrogens is 486 g/mol. The zero-order valence-electron chi connectivity index (χ0n) is 23.1. The number of benzene rings is 3. The number of aromatic nitrogens is 2. The van der Waals surface area contributed by atoms with Gasteiger partial charge in [0.25, 0.3) is 0 Å². The van der Waals surface area contributed by atoms with Crippen LogP contribution in [0, 0.1) is 20.8 Å². The minimum Gasteiger partial charge on any atom is -0.496 e. The van der Waals surface area contributed by atoms with Crippen molar-refractivity contribution >= 4 is 18.4 Å². The van der Waals surface area contributed by atoms with Crippen molar-refractivity contribution in [2.24, 2.45) is 0 Å². The van der Waals surface area contributed by atoms with Crippen LogP contribution in [-0.2, 0) is 13.0 Å². The lowest BCUT2D eigenvalue weighted by atomic mass is 9.91. The molecule has 3 aromatic carbocycles. The standard InChI is InChI=1S/C33H33N3O3/c1-20-16-25(19-37)31(38-4)17-24(20)13-12-23-8-6-9-26(21(23)2)27-10-7-11-28(22(27)3)32-35-30-14-15-34-18-29(30)33(36-32)39-5/h6-13,16-17,19,34H,14-15,18H2,1-5H3/b13-12+. The van der Waals surface area contributed by atoms with E-state index in [2.05, 4.69) is 67.7 Å². The first-order chi connectivity index (χ1) is 18.9. The molecule has 0 bridgehead atoms. The number of hydrogen-bond donors (Lipinski definition) is 1. The van der Waals surface area contributed by atoms with Gasteiger partial charge in [-0.2, -0.15) is 4.98 Å². The van der Waals surface area contributed by atoms with Gasteiger partial charge in [-0.3, -0.25) is 4.79 Å². The molecule has 0 atom stereocenters. The summed E-state index contributed by atoms with van der Waals surface area (Å²) in [6.45, 7) is 7.91. The smallest absolute Gasteiger partial charge is 0.221 e.